The summed E-state index contributed by atoms with van der Waals surface area (Å²) in [6, 6.07) is 19.3. The molecule has 0 saturated carbocycles. The van der Waals surface area contributed by atoms with Gasteiger partial charge in [0.05, 0.1) is 11.4 Å². The molecule has 4 heteroatoms. The van der Waals surface area contributed by atoms with Gasteiger partial charge >= 0.3 is 6.03 Å². The van der Waals surface area contributed by atoms with Crippen molar-refractivity contribution in [3.05, 3.63) is 71.9 Å². The Morgan fingerprint density at radius 2 is 1.52 bits per heavy atom. The summed E-state index contributed by atoms with van der Waals surface area (Å²) in [5.74, 6) is 0. The Kier molecular flexibility index (Phi) is 3.54. The highest BCUT2D eigenvalue weighted by molar-refractivity contribution is 7.80. The third-order valence-electron chi connectivity index (χ3n) is 3.36. The molecule has 1 saturated heterocycles. The van der Waals surface area contributed by atoms with Gasteiger partial charge in [-0.3, -0.25) is 9.80 Å². The number of hydrogen-bond donors (Lipinski definition) is 0. The minimum atomic E-state index is -0.131. The van der Waals surface area contributed by atoms with Crippen LogP contribution >= 0.6 is 12.2 Å². The summed E-state index contributed by atoms with van der Waals surface area (Å²) in [6.45, 7) is 0. The lowest BCUT2D eigenvalue weighted by atomic mass is 10.2. The minimum Gasteiger partial charge on any atom is -0.285 e. The van der Waals surface area contributed by atoms with Crippen molar-refractivity contribution in [1.82, 2.24) is 4.90 Å². The molecule has 2 aromatic rings. The lowest BCUT2D eigenvalue weighted by molar-refractivity contribution is 0.238. The Labute approximate surface area is 129 Å². The zero-order valence-corrected chi connectivity index (χ0v) is 12.4. The highest BCUT2D eigenvalue weighted by Gasteiger charge is 2.36. The van der Waals surface area contributed by atoms with Crippen LogP contribution in [0, 0.1) is 0 Å². The Morgan fingerprint density at radius 3 is 2.14 bits per heavy atom. The first kappa shape index (κ1) is 13.5. The summed E-state index contributed by atoms with van der Waals surface area (Å²) in [5.41, 5.74) is 2.56. The lowest BCUT2D eigenvalue weighted by Crippen LogP contribution is -2.29. The molecule has 0 aromatic heterocycles. The van der Waals surface area contributed by atoms with E-state index in [9.17, 15) is 4.79 Å². The van der Waals surface area contributed by atoms with E-state index in [-0.39, 0.29) is 6.03 Å². The minimum absolute atomic E-state index is 0.131. The Balaban J connectivity index is 2.09. The van der Waals surface area contributed by atoms with Gasteiger partial charge in [-0.25, -0.2) is 4.79 Å². The van der Waals surface area contributed by atoms with Crippen LogP contribution in [-0.4, -0.2) is 23.0 Å². The van der Waals surface area contributed by atoms with Gasteiger partial charge in [0.25, 0.3) is 0 Å². The number of likely N-dealkylation sites (N-methyl/N-ethyl adjacent to an activating group) is 1. The van der Waals surface area contributed by atoms with E-state index in [2.05, 4.69) is 0 Å². The number of para-hydroxylation sites is 1. The van der Waals surface area contributed by atoms with Gasteiger partial charge in [0, 0.05) is 7.05 Å². The molecule has 1 aliphatic heterocycles. The first-order valence-electron chi connectivity index (χ1n) is 6.62. The van der Waals surface area contributed by atoms with Crippen LogP contribution in [-0.2, 0) is 0 Å². The van der Waals surface area contributed by atoms with Crippen LogP contribution in [0.5, 0.6) is 0 Å². The zero-order chi connectivity index (χ0) is 14.8. The van der Waals surface area contributed by atoms with Crippen LogP contribution in [0.2, 0.25) is 0 Å². The maximum Gasteiger partial charge on any atom is 0.334 e. The molecular formula is C17H14N2OS. The van der Waals surface area contributed by atoms with Crippen molar-refractivity contribution in [2.45, 2.75) is 0 Å². The summed E-state index contributed by atoms with van der Waals surface area (Å²) in [7, 11) is 1.70. The topological polar surface area (TPSA) is 23.6 Å². The number of hydrogen-bond acceptors (Lipinski definition) is 2. The number of benzene rings is 2. The van der Waals surface area contributed by atoms with Crippen LogP contribution in [0.3, 0.4) is 0 Å². The molecule has 0 unspecified atom stereocenters. The smallest absolute Gasteiger partial charge is 0.285 e. The fourth-order valence-electron chi connectivity index (χ4n) is 2.27. The fraction of sp³-hybridized carbons (Fsp3) is 0.0588. The van der Waals surface area contributed by atoms with Crippen LogP contribution in [0.25, 0.3) is 6.08 Å². The summed E-state index contributed by atoms with van der Waals surface area (Å²) in [4.78, 5) is 16.1. The van der Waals surface area contributed by atoms with Crippen LogP contribution in [0.1, 0.15) is 5.56 Å². The van der Waals surface area contributed by atoms with Crippen LogP contribution in [0.15, 0.2) is 66.4 Å². The predicted molar refractivity (Wildman–Crippen MR) is 89.1 cm³/mol. The third kappa shape index (κ3) is 2.45. The molecule has 2 amide bonds. The largest absolute Gasteiger partial charge is 0.334 e. The monoisotopic (exact) mass is 294 g/mol. The molecule has 0 bridgehead atoms. The molecular weight excluding hydrogens is 280 g/mol. The maximum absolute atomic E-state index is 12.4. The van der Waals surface area contributed by atoms with Crippen molar-refractivity contribution in [2.24, 2.45) is 0 Å². The molecule has 104 valence electrons. The molecule has 3 rings (SSSR count). The zero-order valence-electron chi connectivity index (χ0n) is 11.6. The van der Waals surface area contributed by atoms with Crippen LogP contribution in [0.4, 0.5) is 10.5 Å². The Hall–Kier alpha value is -2.46. The van der Waals surface area contributed by atoms with Crippen molar-refractivity contribution in [1.29, 1.82) is 0 Å². The van der Waals surface area contributed by atoms with Gasteiger partial charge in [0.1, 0.15) is 4.99 Å². The van der Waals surface area contributed by atoms with E-state index in [1.165, 1.54) is 4.90 Å². The molecule has 0 atom stereocenters. The van der Waals surface area contributed by atoms with E-state index in [0.29, 0.717) is 4.99 Å². The van der Waals surface area contributed by atoms with E-state index < -0.39 is 0 Å². The second kappa shape index (κ2) is 5.50. The normalized spacial score (nSPS) is 16.9. The number of rotatable bonds is 2. The molecule has 0 aliphatic carbocycles. The van der Waals surface area contributed by atoms with Gasteiger partial charge in [-0.15, -0.1) is 0 Å². The standard InChI is InChI=1S/C17H14N2OS/c1-18-16(21)15(12-13-8-4-2-5-9-13)19(17(18)20)14-10-6-3-7-11-14/h2-12H,1H3. The van der Waals surface area contributed by atoms with Crippen molar-refractivity contribution >= 4 is 35.0 Å². The highest BCUT2D eigenvalue weighted by Crippen LogP contribution is 2.29. The van der Waals surface area contributed by atoms with E-state index in [1.807, 2.05) is 66.7 Å². The number of anilines is 1. The predicted octanol–water partition coefficient (Wildman–Crippen LogP) is 3.93. The van der Waals surface area contributed by atoms with Gasteiger partial charge in [-0.2, -0.15) is 0 Å². The second-order valence-electron chi connectivity index (χ2n) is 4.76. The Bertz CT molecular complexity index is 710. The lowest BCUT2D eigenvalue weighted by Gasteiger charge is -2.16. The summed E-state index contributed by atoms with van der Waals surface area (Å²) in [5, 5.41) is 0. The number of thiocarbonyl (C=S) groups is 1. The third-order valence-corrected chi connectivity index (χ3v) is 3.84. The van der Waals surface area contributed by atoms with E-state index in [1.54, 1.807) is 11.9 Å². The van der Waals surface area contributed by atoms with Crippen LogP contribution < -0.4 is 4.90 Å². The number of carbonyl (C=O) groups excluding carboxylic acids is 1. The van der Waals surface area contributed by atoms with Gasteiger partial charge < -0.3 is 0 Å². The van der Waals surface area contributed by atoms with E-state index in [4.69, 9.17) is 12.2 Å². The quantitative estimate of drug-likeness (QED) is 0.619. The first-order chi connectivity index (χ1) is 10.2. The van der Waals surface area contributed by atoms with Crippen molar-refractivity contribution < 1.29 is 4.79 Å². The van der Waals surface area contributed by atoms with Gasteiger partial charge in [0.2, 0.25) is 0 Å². The molecule has 1 fully saturated rings. The molecule has 1 heterocycles. The van der Waals surface area contributed by atoms with Gasteiger partial charge in [-0.05, 0) is 23.8 Å². The second-order valence-corrected chi connectivity index (χ2v) is 5.14. The van der Waals surface area contributed by atoms with E-state index >= 15 is 0 Å². The molecule has 1 aliphatic rings. The first-order valence-corrected chi connectivity index (χ1v) is 7.03. The van der Waals surface area contributed by atoms with Gasteiger partial charge in [0.15, 0.2) is 0 Å². The highest BCUT2D eigenvalue weighted by atomic mass is 32.1. The average Bonchev–Trinajstić information content (AvgIpc) is 2.74. The summed E-state index contributed by atoms with van der Waals surface area (Å²) in [6.07, 6.45) is 1.94. The number of nitrogens with zero attached hydrogens (tertiary/aromatic N) is 2. The number of urea groups is 1. The van der Waals surface area contributed by atoms with Gasteiger partial charge in [-0.1, -0.05) is 60.7 Å². The van der Waals surface area contributed by atoms with Crippen molar-refractivity contribution in [3.8, 4) is 0 Å². The van der Waals surface area contributed by atoms with E-state index in [0.717, 1.165) is 16.9 Å². The summed E-state index contributed by atoms with van der Waals surface area (Å²) >= 11 is 5.41. The SMILES string of the molecule is CN1C(=O)N(c2ccccc2)C(=Cc2ccccc2)C1=S. The van der Waals surface area contributed by atoms with Crippen molar-refractivity contribution in [2.75, 3.05) is 11.9 Å². The number of amides is 2. The maximum atomic E-state index is 12.4. The van der Waals surface area contributed by atoms with Crippen molar-refractivity contribution in [3.63, 3.8) is 0 Å². The Morgan fingerprint density at radius 1 is 0.952 bits per heavy atom. The molecule has 21 heavy (non-hydrogen) atoms. The molecule has 0 spiro atoms. The summed E-state index contributed by atoms with van der Waals surface area (Å²) < 4.78 is 0. The molecule has 2 aromatic carbocycles. The molecule has 0 radical (unpaired) electrons. The fourth-order valence-corrected chi connectivity index (χ4v) is 2.50. The molecule has 0 N–H and O–H groups in total. The molecule has 3 nitrogen and oxygen atoms in total. The number of carbonyl (C=O) groups is 1. The average molecular weight is 294 g/mol.